The summed E-state index contributed by atoms with van der Waals surface area (Å²) in [5.74, 6) is -0.754. The lowest BCUT2D eigenvalue weighted by molar-refractivity contribution is -0.161. The first-order valence-corrected chi connectivity index (χ1v) is 34.5. The van der Waals surface area contributed by atoms with E-state index in [1.807, 2.05) is 0 Å². The van der Waals surface area contributed by atoms with E-state index in [1.165, 1.54) is 96.3 Å². The van der Waals surface area contributed by atoms with Crippen molar-refractivity contribution in [3.05, 3.63) is 0 Å². The van der Waals surface area contributed by atoms with Crippen molar-refractivity contribution in [1.82, 2.24) is 0 Å². The highest BCUT2D eigenvalue weighted by Gasteiger charge is 2.30. The summed E-state index contributed by atoms with van der Waals surface area (Å²) in [4.78, 5) is 71.7. The maximum atomic E-state index is 12.9. The third-order valence-electron chi connectivity index (χ3n) is 14.1. The van der Waals surface area contributed by atoms with Gasteiger partial charge in [-0.15, -0.1) is 0 Å². The smallest absolute Gasteiger partial charge is 0.462 e. The van der Waals surface area contributed by atoms with Crippen LogP contribution in [0.1, 0.15) is 292 Å². The molecule has 0 bridgehead atoms. The van der Waals surface area contributed by atoms with E-state index in [0.29, 0.717) is 31.6 Å². The third kappa shape index (κ3) is 53.8. The highest BCUT2D eigenvalue weighted by atomic mass is 31.2. The van der Waals surface area contributed by atoms with E-state index in [0.717, 1.165) is 109 Å². The van der Waals surface area contributed by atoms with Gasteiger partial charge in [0.1, 0.15) is 19.3 Å². The summed E-state index contributed by atoms with van der Waals surface area (Å²) in [6.07, 6.45) is 34.0. The standard InChI is InChI=1S/C60H116O17P2/c1-7-10-12-14-15-16-17-18-19-20-21-22-23-32-38-44-59(64)76-56(49-71-58(63)43-37-31-27-25-30-35-41-53(6)9-3)51-75-79(68,69)73-47-54(61)46-72-78(66,67)74-50-55(48-70-57(62)42-36-28-13-11-8-2)77-60(65)45-39-33-26-24-29-34-40-52(4)5/h52-56,61H,7-51H2,1-6H3,(H,66,67)(H,68,69)/t53?,54-,55+,56+/m0/s1. The topological polar surface area (TPSA) is 237 Å². The summed E-state index contributed by atoms with van der Waals surface area (Å²) >= 11 is 0. The van der Waals surface area contributed by atoms with Gasteiger partial charge >= 0.3 is 39.5 Å². The lowest BCUT2D eigenvalue weighted by Crippen LogP contribution is -2.30. The molecule has 3 unspecified atom stereocenters. The number of esters is 4. The maximum Gasteiger partial charge on any atom is 0.472 e. The van der Waals surface area contributed by atoms with Crippen molar-refractivity contribution in [2.45, 2.75) is 310 Å². The van der Waals surface area contributed by atoms with Crippen LogP contribution in [-0.2, 0) is 65.4 Å². The quantitative estimate of drug-likeness (QED) is 0.0222. The average Bonchev–Trinajstić information content (AvgIpc) is 3.41. The molecule has 468 valence electrons. The highest BCUT2D eigenvalue weighted by molar-refractivity contribution is 7.47. The van der Waals surface area contributed by atoms with Crippen molar-refractivity contribution in [3.63, 3.8) is 0 Å². The van der Waals surface area contributed by atoms with E-state index in [4.69, 9.17) is 37.0 Å². The molecule has 0 aromatic carbocycles. The van der Waals surface area contributed by atoms with Gasteiger partial charge in [-0.1, -0.05) is 241 Å². The molecule has 0 radical (unpaired) electrons. The van der Waals surface area contributed by atoms with Gasteiger partial charge in [-0.25, -0.2) is 9.13 Å². The second-order valence-electron chi connectivity index (χ2n) is 22.5. The molecule has 0 aliphatic heterocycles. The number of phosphoric acid groups is 2. The summed E-state index contributed by atoms with van der Waals surface area (Å²) in [5, 5.41) is 10.5. The Labute approximate surface area is 479 Å². The van der Waals surface area contributed by atoms with Crippen LogP contribution in [0, 0.1) is 11.8 Å². The predicted molar refractivity (Wildman–Crippen MR) is 312 cm³/mol. The van der Waals surface area contributed by atoms with Crippen molar-refractivity contribution in [2.24, 2.45) is 11.8 Å². The normalized spacial score (nSPS) is 14.8. The number of hydrogen-bond donors (Lipinski definition) is 3. The van der Waals surface area contributed by atoms with Gasteiger partial charge in [0.15, 0.2) is 12.2 Å². The van der Waals surface area contributed by atoms with Crippen LogP contribution in [0.25, 0.3) is 0 Å². The van der Waals surface area contributed by atoms with Crippen molar-refractivity contribution in [3.8, 4) is 0 Å². The molecule has 0 rings (SSSR count). The molecule has 0 aliphatic carbocycles. The van der Waals surface area contributed by atoms with Crippen LogP contribution in [0.2, 0.25) is 0 Å². The van der Waals surface area contributed by atoms with Crippen LogP contribution >= 0.6 is 15.6 Å². The fourth-order valence-corrected chi connectivity index (χ4v) is 10.4. The van der Waals surface area contributed by atoms with E-state index in [2.05, 4.69) is 41.5 Å². The fourth-order valence-electron chi connectivity index (χ4n) is 8.79. The molecule has 0 spiro atoms. The second kappa shape index (κ2) is 52.8. The van der Waals surface area contributed by atoms with Crippen molar-refractivity contribution in [2.75, 3.05) is 39.6 Å². The number of aliphatic hydroxyl groups excluding tert-OH is 1. The van der Waals surface area contributed by atoms with Crippen LogP contribution in [0.15, 0.2) is 0 Å². The molecule has 0 aromatic rings. The highest BCUT2D eigenvalue weighted by Crippen LogP contribution is 2.45. The molecule has 19 heteroatoms. The molecule has 0 saturated carbocycles. The van der Waals surface area contributed by atoms with E-state index in [1.54, 1.807) is 0 Å². The van der Waals surface area contributed by atoms with E-state index < -0.39 is 97.5 Å². The summed E-state index contributed by atoms with van der Waals surface area (Å²) in [6.45, 7) is 9.24. The first kappa shape index (κ1) is 77.1. The van der Waals surface area contributed by atoms with Crippen molar-refractivity contribution >= 4 is 39.5 Å². The van der Waals surface area contributed by atoms with Gasteiger partial charge in [0.25, 0.3) is 0 Å². The average molecular weight is 1170 g/mol. The minimum atomic E-state index is -4.94. The summed E-state index contributed by atoms with van der Waals surface area (Å²) in [5.41, 5.74) is 0. The van der Waals surface area contributed by atoms with Gasteiger partial charge in [-0.3, -0.25) is 37.3 Å². The first-order valence-electron chi connectivity index (χ1n) is 31.5. The van der Waals surface area contributed by atoms with Crippen LogP contribution in [0.3, 0.4) is 0 Å². The number of phosphoric ester groups is 2. The van der Waals surface area contributed by atoms with E-state index in [9.17, 15) is 43.2 Å². The number of carbonyl (C=O) groups is 4. The zero-order valence-electron chi connectivity index (χ0n) is 50.7. The summed E-state index contributed by atoms with van der Waals surface area (Å²) in [7, 11) is -9.87. The Kier molecular flexibility index (Phi) is 51.5. The lowest BCUT2D eigenvalue weighted by atomic mass is 10.00. The van der Waals surface area contributed by atoms with Crippen molar-refractivity contribution in [1.29, 1.82) is 0 Å². The van der Waals surface area contributed by atoms with Gasteiger partial charge in [0.05, 0.1) is 26.4 Å². The largest absolute Gasteiger partial charge is 0.472 e. The Morgan fingerprint density at radius 2 is 0.646 bits per heavy atom. The maximum absolute atomic E-state index is 12.9. The van der Waals surface area contributed by atoms with E-state index >= 15 is 0 Å². The number of aliphatic hydroxyl groups is 1. The molecule has 0 aliphatic rings. The van der Waals surface area contributed by atoms with Crippen molar-refractivity contribution < 1.29 is 80.2 Å². The zero-order chi connectivity index (χ0) is 58.7. The molecule has 6 atom stereocenters. The van der Waals surface area contributed by atoms with Gasteiger partial charge in [-0.05, 0) is 37.5 Å². The minimum Gasteiger partial charge on any atom is -0.462 e. The SMILES string of the molecule is CCCCCCCCCCCCCCCCCC(=O)O[C@H](COC(=O)CCCCCCCCC(C)CC)COP(=O)(O)OC[C@@H](O)COP(=O)(O)OC[C@@H](COC(=O)CCCCCCC)OC(=O)CCCCCCCCC(C)C. The number of unbranched alkanes of at least 4 members (excludes halogenated alkanes) is 28. The van der Waals surface area contributed by atoms with Crippen LogP contribution in [0.4, 0.5) is 0 Å². The minimum absolute atomic E-state index is 0.101. The fraction of sp³-hybridized carbons (Fsp3) is 0.933. The molecule has 17 nitrogen and oxygen atoms in total. The van der Waals surface area contributed by atoms with Crippen LogP contribution in [-0.4, -0.2) is 96.7 Å². The van der Waals surface area contributed by atoms with Gasteiger partial charge < -0.3 is 33.8 Å². The first-order chi connectivity index (χ1) is 37.9. The monoisotopic (exact) mass is 1170 g/mol. The lowest BCUT2D eigenvalue weighted by Gasteiger charge is -2.21. The van der Waals surface area contributed by atoms with Crippen LogP contribution in [0.5, 0.6) is 0 Å². The zero-order valence-corrected chi connectivity index (χ0v) is 52.4. The Morgan fingerprint density at radius 3 is 0.962 bits per heavy atom. The number of hydrogen-bond acceptors (Lipinski definition) is 15. The molecule has 79 heavy (non-hydrogen) atoms. The Balaban J connectivity index is 5.17. The van der Waals surface area contributed by atoms with E-state index in [-0.39, 0.29) is 25.7 Å². The van der Waals surface area contributed by atoms with Gasteiger partial charge in [0, 0.05) is 25.7 Å². The van der Waals surface area contributed by atoms with Crippen LogP contribution < -0.4 is 0 Å². The Morgan fingerprint density at radius 1 is 0.367 bits per heavy atom. The predicted octanol–water partition coefficient (Wildman–Crippen LogP) is 16.1. The molecule has 0 heterocycles. The summed E-state index contributed by atoms with van der Waals surface area (Å²) in [6, 6.07) is 0. The molecule has 0 amide bonds. The Hall–Kier alpha value is -1.94. The molecular weight excluding hydrogens is 1050 g/mol. The third-order valence-corrected chi connectivity index (χ3v) is 16.0. The molecule has 0 aromatic heterocycles. The Bertz CT molecular complexity index is 1570. The molecule has 3 N–H and O–H groups in total. The molecule has 0 fully saturated rings. The van der Waals surface area contributed by atoms with Gasteiger partial charge in [0.2, 0.25) is 0 Å². The van der Waals surface area contributed by atoms with Gasteiger partial charge in [-0.2, -0.15) is 0 Å². The molecular formula is C60H116O17P2. The number of rotatable bonds is 59. The number of ether oxygens (including phenoxy) is 4. The summed E-state index contributed by atoms with van der Waals surface area (Å²) < 4.78 is 67.6. The second-order valence-corrected chi connectivity index (χ2v) is 25.4. The molecule has 0 saturated heterocycles. The number of carbonyl (C=O) groups excluding carboxylic acids is 4.